The van der Waals surface area contributed by atoms with Crippen LogP contribution in [-0.4, -0.2) is 49.8 Å². The van der Waals surface area contributed by atoms with Gasteiger partial charge in [-0.25, -0.2) is 0 Å². The minimum Gasteiger partial charge on any atom is -0.464 e. The molecule has 0 radical (unpaired) electrons. The lowest BCUT2D eigenvalue weighted by atomic mass is 9.93. The van der Waals surface area contributed by atoms with Gasteiger partial charge in [-0.2, -0.15) is 0 Å². The zero-order valence-corrected chi connectivity index (χ0v) is 15.6. The van der Waals surface area contributed by atoms with Crippen molar-refractivity contribution in [1.82, 2.24) is 4.90 Å². The predicted molar refractivity (Wildman–Crippen MR) is 96.0 cm³/mol. The van der Waals surface area contributed by atoms with Gasteiger partial charge in [0, 0.05) is 31.7 Å². The number of carbonyl (C=O) groups excluding carboxylic acids is 1. The number of benzene rings is 1. The molecule has 2 unspecified atom stereocenters. The monoisotopic (exact) mass is 333 g/mol. The van der Waals surface area contributed by atoms with E-state index in [9.17, 15) is 4.79 Å². The van der Waals surface area contributed by atoms with Gasteiger partial charge in [-0.3, -0.25) is 9.69 Å². The first-order valence-corrected chi connectivity index (χ1v) is 8.91. The maximum atomic E-state index is 12.8. The molecule has 24 heavy (non-hydrogen) atoms. The van der Waals surface area contributed by atoms with Crippen LogP contribution in [0.15, 0.2) is 30.3 Å². The lowest BCUT2D eigenvalue weighted by molar-refractivity contribution is -0.148. The SMILES string of the molecule is COCC1CC1(C(=O)OCCN(C(C)C)C(C)C)c1ccccc1. The Morgan fingerprint density at radius 2 is 1.83 bits per heavy atom. The predicted octanol–water partition coefficient (Wildman–Crippen LogP) is 3.25. The van der Waals surface area contributed by atoms with Crippen molar-refractivity contribution < 1.29 is 14.3 Å². The molecule has 1 aromatic carbocycles. The third-order valence-corrected chi connectivity index (χ3v) is 5.04. The Morgan fingerprint density at radius 1 is 1.21 bits per heavy atom. The first kappa shape index (κ1) is 18.9. The summed E-state index contributed by atoms with van der Waals surface area (Å²) in [4.78, 5) is 15.2. The van der Waals surface area contributed by atoms with Crippen LogP contribution in [0.5, 0.6) is 0 Å². The van der Waals surface area contributed by atoms with Gasteiger partial charge in [0.05, 0.1) is 12.0 Å². The number of hydrogen-bond acceptors (Lipinski definition) is 4. The van der Waals surface area contributed by atoms with Crippen LogP contribution in [0.1, 0.15) is 39.7 Å². The molecule has 4 heteroatoms. The fraction of sp³-hybridized carbons (Fsp3) is 0.650. The molecule has 2 rings (SSSR count). The molecule has 0 N–H and O–H groups in total. The third kappa shape index (κ3) is 3.98. The van der Waals surface area contributed by atoms with Crippen molar-refractivity contribution in [3.63, 3.8) is 0 Å². The minimum atomic E-state index is -0.516. The highest BCUT2D eigenvalue weighted by Crippen LogP contribution is 2.55. The second-order valence-electron chi connectivity index (χ2n) is 7.26. The Morgan fingerprint density at radius 3 is 2.38 bits per heavy atom. The zero-order valence-electron chi connectivity index (χ0n) is 15.6. The largest absolute Gasteiger partial charge is 0.464 e. The summed E-state index contributed by atoms with van der Waals surface area (Å²) in [6.07, 6.45) is 0.807. The fourth-order valence-corrected chi connectivity index (χ4v) is 3.67. The Balaban J connectivity index is 2.00. The van der Waals surface area contributed by atoms with Crippen LogP contribution >= 0.6 is 0 Å². The number of esters is 1. The number of nitrogens with zero attached hydrogens (tertiary/aromatic N) is 1. The third-order valence-electron chi connectivity index (χ3n) is 5.04. The fourth-order valence-electron chi connectivity index (χ4n) is 3.67. The van der Waals surface area contributed by atoms with Gasteiger partial charge in [-0.05, 0) is 39.7 Å². The summed E-state index contributed by atoms with van der Waals surface area (Å²) in [5.41, 5.74) is 0.527. The molecular formula is C20H31NO3. The topological polar surface area (TPSA) is 38.8 Å². The first-order valence-electron chi connectivity index (χ1n) is 8.91. The number of ether oxygens (including phenoxy) is 2. The van der Waals surface area contributed by atoms with Gasteiger partial charge < -0.3 is 9.47 Å². The summed E-state index contributed by atoms with van der Waals surface area (Å²) >= 11 is 0. The molecule has 2 atom stereocenters. The molecule has 0 heterocycles. The second-order valence-corrected chi connectivity index (χ2v) is 7.26. The number of methoxy groups -OCH3 is 1. The maximum absolute atomic E-state index is 12.8. The van der Waals surface area contributed by atoms with Crippen molar-refractivity contribution in [2.24, 2.45) is 5.92 Å². The normalized spacial score (nSPS) is 23.1. The summed E-state index contributed by atoms with van der Waals surface area (Å²) in [5, 5.41) is 0. The van der Waals surface area contributed by atoms with E-state index in [1.807, 2.05) is 30.3 Å². The standard InChI is InChI=1S/C20H31NO3/c1-15(2)21(16(3)4)11-12-24-19(22)20(13-18(20)14-23-5)17-9-7-6-8-10-17/h6-10,15-16,18H,11-14H2,1-5H3. The van der Waals surface area contributed by atoms with Crippen LogP contribution < -0.4 is 0 Å². The molecule has 1 aromatic rings. The van der Waals surface area contributed by atoms with Crippen LogP contribution in [0, 0.1) is 5.92 Å². The summed E-state index contributed by atoms with van der Waals surface area (Å²) in [5.74, 6) is 0.104. The van der Waals surface area contributed by atoms with E-state index in [2.05, 4.69) is 32.6 Å². The minimum absolute atomic E-state index is 0.108. The average molecular weight is 333 g/mol. The summed E-state index contributed by atoms with van der Waals surface area (Å²) in [7, 11) is 1.68. The molecular weight excluding hydrogens is 302 g/mol. The number of carbonyl (C=O) groups is 1. The average Bonchev–Trinajstić information content (AvgIpc) is 3.27. The van der Waals surface area contributed by atoms with Gasteiger partial charge in [0.1, 0.15) is 6.61 Å². The molecule has 1 saturated carbocycles. The van der Waals surface area contributed by atoms with Crippen molar-refractivity contribution in [2.45, 2.75) is 51.6 Å². The van der Waals surface area contributed by atoms with Crippen molar-refractivity contribution in [3.05, 3.63) is 35.9 Å². The molecule has 0 spiro atoms. The van der Waals surface area contributed by atoms with Gasteiger partial charge in [0.15, 0.2) is 0 Å². The molecule has 1 fully saturated rings. The number of rotatable bonds is 9. The highest BCUT2D eigenvalue weighted by Gasteiger charge is 2.62. The van der Waals surface area contributed by atoms with Gasteiger partial charge >= 0.3 is 5.97 Å². The molecule has 0 amide bonds. The van der Waals surface area contributed by atoms with Crippen molar-refractivity contribution in [2.75, 3.05) is 26.9 Å². The Hall–Kier alpha value is -1.39. The molecule has 0 saturated heterocycles. The zero-order chi connectivity index (χ0) is 17.7. The lowest BCUT2D eigenvalue weighted by Crippen LogP contribution is -2.40. The Bertz CT molecular complexity index is 521. The smallest absolute Gasteiger partial charge is 0.316 e. The van der Waals surface area contributed by atoms with Crippen LogP contribution in [-0.2, 0) is 19.7 Å². The summed E-state index contributed by atoms with van der Waals surface area (Å²) in [6.45, 7) is 10.5. The molecule has 4 nitrogen and oxygen atoms in total. The highest BCUT2D eigenvalue weighted by molar-refractivity contribution is 5.87. The van der Waals surface area contributed by atoms with E-state index in [1.54, 1.807) is 7.11 Å². The van der Waals surface area contributed by atoms with Crippen LogP contribution in [0.2, 0.25) is 0 Å². The Labute approximate surface area is 146 Å². The van der Waals surface area contributed by atoms with E-state index in [0.717, 1.165) is 18.5 Å². The van der Waals surface area contributed by atoms with Gasteiger partial charge in [0.2, 0.25) is 0 Å². The summed E-state index contributed by atoms with van der Waals surface area (Å²) < 4.78 is 11.0. The maximum Gasteiger partial charge on any atom is 0.316 e. The second kappa shape index (κ2) is 8.13. The van der Waals surface area contributed by atoms with Crippen molar-refractivity contribution in [3.8, 4) is 0 Å². The van der Waals surface area contributed by atoms with E-state index in [1.165, 1.54) is 0 Å². The first-order chi connectivity index (χ1) is 11.4. The van der Waals surface area contributed by atoms with Gasteiger partial charge in [-0.15, -0.1) is 0 Å². The van der Waals surface area contributed by atoms with Crippen LogP contribution in [0.25, 0.3) is 0 Å². The molecule has 0 aromatic heterocycles. The molecule has 134 valence electrons. The Kier molecular flexibility index (Phi) is 6.41. The van der Waals surface area contributed by atoms with Crippen molar-refractivity contribution >= 4 is 5.97 Å². The highest BCUT2D eigenvalue weighted by atomic mass is 16.5. The van der Waals surface area contributed by atoms with E-state index in [4.69, 9.17) is 9.47 Å². The lowest BCUT2D eigenvalue weighted by Gasteiger charge is -2.30. The molecule has 1 aliphatic rings. The van der Waals surface area contributed by atoms with Crippen LogP contribution in [0.3, 0.4) is 0 Å². The molecule has 0 bridgehead atoms. The van der Waals surface area contributed by atoms with Gasteiger partial charge in [0.25, 0.3) is 0 Å². The van der Waals surface area contributed by atoms with Crippen molar-refractivity contribution in [1.29, 1.82) is 0 Å². The number of hydrogen-bond donors (Lipinski definition) is 0. The van der Waals surface area contributed by atoms with E-state index in [0.29, 0.717) is 25.3 Å². The van der Waals surface area contributed by atoms with E-state index < -0.39 is 5.41 Å². The van der Waals surface area contributed by atoms with E-state index >= 15 is 0 Å². The van der Waals surface area contributed by atoms with Gasteiger partial charge in [-0.1, -0.05) is 30.3 Å². The molecule has 0 aliphatic heterocycles. The summed E-state index contributed by atoms with van der Waals surface area (Å²) in [6, 6.07) is 10.8. The van der Waals surface area contributed by atoms with Crippen LogP contribution in [0.4, 0.5) is 0 Å². The molecule has 1 aliphatic carbocycles. The quantitative estimate of drug-likeness (QED) is 0.650. The van der Waals surface area contributed by atoms with E-state index in [-0.39, 0.29) is 11.9 Å².